The SMILES string of the molecule is CC/C=C\C/C=C\C/C=C\C/C=C\C/C=C\C/C=C\CCCCCCCCCCCCCCCCCCC(=O)OCC(COC(=O)CCCCCCC/C=C\CCCCCC)OC(=O)CCCCCCCCC/C=C\C/C=C\C/C=C\CC. The Labute approximate surface area is 513 Å². The Morgan fingerprint density at radius 1 is 0.253 bits per heavy atom. The van der Waals surface area contributed by atoms with Gasteiger partial charge in [-0.3, -0.25) is 14.4 Å². The predicted molar refractivity (Wildman–Crippen MR) is 362 cm³/mol. The Hall–Kier alpha value is -4.19. The molecule has 0 aromatic carbocycles. The zero-order chi connectivity index (χ0) is 59.9. The van der Waals surface area contributed by atoms with Crippen molar-refractivity contribution < 1.29 is 28.6 Å². The van der Waals surface area contributed by atoms with Gasteiger partial charge in [0.25, 0.3) is 0 Å². The zero-order valence-electron chi connectivity index (χ0n) is 54.4. The molecule has 83 heavy (non-hydrogen) atoms. The van der Waals surface area contributed by atoms with Gasteiger partial charge >= 0.3 is 17.9 Å². The van der Waals surface area contributed by atoms with Gasteiger partial charge < -0.3 is 14.2 Å². The molecule has 6 nitrogen and oxygen atoms in total. The minimum Gasteiger partial charge on any atom is -0.462 e. The van der Waals surface area contributed by atoms with Crippen molar-refractivity contribution in [1.29, 1.82) is 0 Å². The van der Waals surface area contributed by atoms with E-state index in [9.17, 15) is 14.4 Å². The van der Waals surface area contributed by atoms with Crippen LogP contribution in [-0.4, -0.2) is 37.2 Å². The number of rotatable bonds is 63. The van der Waals surface area contributed by atoms with E-state index >= 15 is 0 Å². The maximum atomic E-state index is 12.9. The van der Waals surface area contributed by atoms with E-state index in [1.807, 2.05) is 0 Å². The first-order valence-electron chi connectivity index (χ1n) is 35.0. The second kappa shape index (κ2) is 70.3. The highest BCUT2D eigenvalue weighted by Crippen LogP contribution is 2.17. The van der Waals surface area contributed by atoms with E-state index in [2.05, 4.69) is 142 Å². The molecule has 0 heterocycles. The molecule has 0 rings (SSSR count). The molecule has 0 bridgehead atoms. The van der Waals surface area contributed by atoms with Crippen LogP contribution in [0.1, 0.15) is 329 Å². The molecular formula is C77H130O6. The molecule has 0 radical (unpaired) electrons. The van der Waals surface area contributed by atoms with Crippen molar-refractivity contribution in [3.63, 3.8) is 0 Å². The number of hydrogen-bond donors (Lipinski definition) is 0. The Bertz CT molecular complexity index is 1700. The van der Waals surface area contributed by atoms with Gasteiger partial charge in [-0.25, -0.2) is 0 Å². The number of unbranched alkanes of at least 4 members (excludes halogenated alkanes) is 32. The van der Waals surface area contributed by atoms with Crippen LogP contribution in [0, 0.1) is 0 Å². The molecule has 1 atom stereocenters. The largest absolute Gasteiger partial charge is 0.462 e. The molecule has 0 fully saturated rings. The highest BCUT2D eigenvalue weighted by Gasteiger charge is 2.19. The molecular weight excluding hydrogens is 1020 g/mol. The fourth-order valence-corrected chi connectivity index (χ4v) is 9.75. The van der Waals surface area contributed by atoms with Gasteiger partial charge in [-0.1, -0.05) is 303 Å². The molecule has 0 amide bonds. The summed E-state index contributed by atoms with van der Waals surface area (Å²) in [6, 6.07) is 0. The van der Waals surface area contributed by atoms with Gasteiger partial charge in [0, 0.05) is 19.3 Å². The summed E-state index contributed by atoms with van der Waals surface area (Å²) in [6.45, 7) is 6.41. The molecule has 474 valence electrons. The lowest BCUT2D eigenvalue weighted by molar-refractivity contribution is -0.167. The second-order valence-electron chi connectivity index (χ2n) is 23.0. The van der Waals surface area contributed by atoms with Gasteiger partial charge in [0.2, 0.25) is 0 Å². The van der Waals surface area contributed by atoms with E-state index in [1.165, 1.54) is 161 Å². The average molecular weight is 1150 g/mol. The number of esters is 3. The first-order valence-corrected chi connectivity index (χ1v) is 35.0. The van der Waals surface area contributed by atoms with Gasteiger partial charge in [0.1, 0.15) is 13.2 Å². The third kappa shape index (κ3) is 68.5. The van der Waals surface area contributed by atoms with E-state index in [-0.39, 0.29) is 31.1 Å². The molecule has 0 aliphatic rings. The maximum absolute atomic E-state index is 12.9. The molecule has 0 N–H and O–H groups in total. The molecule has 0 aromatic rings. The van der Waals surface area contributed by atoms with Crippen molar-refractivity contribution in [3.8, 4) is 0 Å². The summed E-state index contributed by atoms with van der Waals surface area (Å²) in [5.74, 6) is -0.892. The molecule has 0 spiro atoms. The van der Waals surface area contributed by atoms with Crippen molar-refractivity contribution in [3.05, 3.63) is 122 Å². The van der Waals surface area contributed by atoms with E-state index in [0.29, 0.717) is 19.3 Å². The molecule has 6 heteroatoms. The van der Waals surface area contributed by atoms with E-state index in [1.54, 1.807) is 0 Å². The summed E-state index contributed by atoms with van der Waals surface area (Å²) >= 11 is 0. The lowest BCUT2D eigenvalue weighted by Crippen LogP contribution is -2.30. The summed E-state index contributed by atoms with van der Waals surface area (Å²) in [5.41, 5.74) is 0. The molecule has 0 saturated carbocycles. The number of carbonyl (C=O) groups is 3. The monoisotopic (exact) mass is 1150 g/mol. The quantitative estimate of drug-likeness (QED) is 0.0261. The molecule has 0 saturated heterocycles. The predicted octanol–water partition coefficient (Wildman–Crippen LogP) is 24.3. The van der Waals surface area contributed by atoms with Crippen molar-refractivity contribution >= 4 is 17.9 Å². The summed E-state index contributed by atoms with van der Waals surface area (Å²) in [5, 5.41) is 0. The van der Waals surface area contributed by atoms with Crippen molar-refractivity contribution in [2.75, 3.05) is 13.2 Å². The Morgan fingerprint density at radius 2 is 0.470 bits per heavy atom. The second-order valence-corrected chi connectivity index (χ2v) is 23.0. The van der Waals surface area contributed by atoms with Crippen LogP contribution in [0.15, 0.2) is 122 Å². The summed E-state index contributed by atoms with van der Waals surface area (Å²) < 4.78 is 16.9. The normalized spacial score (nSPS) is 12.9. The van der Waals surface area contributed by atoms with Crippen molar-refractivity contribution in [2.24, 2.45) is 0 Å². The summed E-state index contributed by atoms with van der Waals surface area (Å²) in [6.07, 6.45) is 98.0. The lowest BCUT2D eigenvalue weighted by atomic mass is 10.0. The van der Waals surface area contributed by atoms with Crippen LogP contribution < -0.4 is 0 Å². The van der Waals surface area contributed by atoms with Gasteiger partial charge in [-0.2, -0.15) is 0 Å². The molecule has 1 unspecified atom stereocenters. The maximum Gasteiger partial charge on any atom is 0.306 e. The van der Waals surface area contributed by atoms with Crippen molar-refractivity contribution in [2.45, 2.75) is 335 Å². The number of hydrogen-bond acceptors (Lipinski definition) is 6. The van der Waals surface area contributed by atoms with Crippen molar-refractivity contribution in [1.82, 2.24) is 0 Å². The zero-order valence-corrected chi connectivity index (χ0v) is 54.4. The van der Waals surface area contributed by atoms with E-state index in [4.69, 9.17) is 14.2 Å². The summed E-state index contributed by atoms with van der Waals surface area (Å²) in [7, 11) is 0. The van der Waals surface area contributed by atoms with Gasteiger partial charge in [0.15, 0.2) is 6.10 Å². The fraction of sp³-hybridized carbons (Fsp3) is 0.701. The van der Waals surface area contributed by atoms with Crippen LogP contribution in [0.5, 0.6) is 0 Å². The van der Waals surface area contributed by atoms with E-state index < -0.39 is 6.10 Å². The Balaban J connectivity index is 4.18. The number of ether oxygens (including phenoxy) is 3. The Morgan fingerprint density at radius 3 is 0.747 bits per heavy atom. The third-order valence-electron chi connectivity index (χ3n) is 14.9. The first kappa shape index (κ1) is 78.8. The number of allylic oxidation sites excluding steroid dienone is 20. The van der Waals surface area contributed by atoms with Crippen LogP contribution >= 0.6 is 0 Å². The molecule has 0 aliphatic heterocycles. The third-order valence-corrected chi connectivity index (χ3v) is 14.9. The van der Waals surface area contributed by atoms with Gasteiger partial charge in [0.05, 0.1) is 0 Å². The lowest BCUT2D eigenvalue weighted by Gasteiger charge is -2.18. The van der Waals surface area contributed by atoms with E-state index in [0.717, 1.165) is 128 Å². The highest BCUT2D eigenvalue weighted by atomic mass is 16.6. The van der Waals surface area contributed by atoms with Crippen LogP contribution in [0.3, 0.4) is 0 Å². The minimum absolute atomic E-state index is 0.0834. The topological polar surface area (TPSA) is 78.9 Å². The van der Waals surface area contributed by atoms with Crippen LogP contribution in [0.2, 0.25) is 0 Å². The van der Waals surface area contributed by atoms with Gasteiger partial charge in [-0.05, 0) is 128 Å². The highest BCUT2D eigenvalue weighted by molar-refractivity contribution is 5.71. The average Bonchev–Trinajstić information content (AvgIpc) is 3.49. The van der Waals surface area contributed by atoms with Crippen LogP contribution in [0.4, 0.5) is 0 Å². The van der Waals surface area contributed by atoms with Gasteiger partial charge in [-0.15, -0.1) is 0 Å². The minimum atomic E-state index is -0.788. The fourth-order valence-electron chi connectivity index (χ4n) is 9.75. The smallest absolute Gasteiger partial charge is 0.306 e. The molecule has 0 aromatic heterocycles. The Kier molecular flexibility index (Phi) is 66.7. The van der Waals surface area contributed by atoms with Crippen LogP contribution in [-0.2, 0) is 28.6 Å². The number of carbonyl (C=O) groups excluding carboxylic acids is 3. The van der Waals surface area contributed by atoms with Crippen LogP contribution in [0.25, 0.3) is 0 Å². The standard InChI is InChI=1S/C77H130O6/c1-4-7-10-13-16-19-22-25-27-29-30-31-32-33-34-35-36-37-38-39-40-41-42-43-44-45-46-48-49-52-55-58-61-64-67-70-76(79)82-73-74(72-81-75(78)69-66-63-60-57-54-51-24-21-18-15-12-9-6-3)83-77(80)71-68-65-62-59-56-53-50-47-28-26-23-20-17-14-11-8-5-2/h7-8,10-11,16-17,19-21,24-28,30-31,33-34,36-37,74H,4-6,9,12-15,18,22-23,29,32,35,38-73H2,1-3H3/b10-7-,11-8-,19-16-,20-17-,24-21-,27-25-,28-26-,31-30-,34-33-,37-36-. The first-order chi connectivity index (χ1) is 41.0. The summed E-state index contributed by atoms with van der Waals surface area (Å²) in [4.78, 5) is 38.4. The molecule has 0 aliphatic carbocycles.